The monoisotopic (exact) mass is 455 g/mol. The Bertz CT molecular complexity index is 1140. The summed E-state index contributed by atoms with van der Waals surface area (Å²) in [6, 6.07) is 5.43. The van der Waals surface area contributed by atoms with Gasteiger partial charge >= 0.3 is 0 Å². The van der Waals surface area contributed by atoms with Crippen LogP contribution in [0.1, 0.15) is 54.3 Å². The topological polar surface area (TPSA) is 73.3 Å². The molecular weight excluding hydrogens is 430 g/mol. The molecule has 1 saturated carbocycles. The van der Waals surface area contributed by atoms with Gasteiger partial charge in [-0.05, 0) is 44.4 Å². The molecule has 1 amide bonds. The van der Waals surface area contributed by atoms with Crippen LogP contribution in [0.25, 0.3) is 10.2 Å². The highest BCUT2D eigenvalue weighted by Crippen LogP contribution is 2.39. The molecule has 1 aromatic carbocycles. The van der Waals surface area contributed by atoms with Crippen LogP contribution in [0.3, 0.4) is 0 Å². The van der Waals surface area contributed by atoms with Crippen LogP contribution in [0.15, 0.2) is 23.2 Å². The number of aryl methyl sites for hydroxylation is 2. The Kier molecular flexibility index (Phi) is 5.75. The zero-order valence-corrected chi connectivity index (χ0v) is 19.3. The average Bonchev–Trinajstić information content (AvgIpc) is 3.36. The summed E-state index contributed by atoms with van der Waals surface area (Å²) in [7, 11) is 0. The maximum atomic E-state index is 12.7. The fraction of sp³-hybridized carbons (Fsp3) is 0.435. The van der Waals surface area contributed by atoms with Crippen LogP contribution in [0, 0.1) is 13.8 Å². The lowest BCUT2D eigenvalue weighted by molar-refractivity contribution is -0.113. The Hall–Kier alpha value is -2.32. The maximum Gasteiger partial charge on any atom is 0.234 e. The van der Waals surface area contributed by atoms with Gasteiger partial charge in [-0.25, -0.2) is 9.97 Å². The molecule has 162 valence electrons. The van der Waals surface area contributed by atoms with E-state index >= 15 is 0 Å². The summed E-state index contributed by atoms with van der Waals surface area (Å²) < 4.78 is 10.7. The zero-order valence-electron chi connectivity index (χ0n) is 17.7. The number of carbonyl (C=O) groups is 1. The standard InChI is InChI=1S/C23H25N3O3S2/c1-13-14(2)31-23-20(13)22(25-21(26-23)15-6-4-3-5-7-15)30-11-19(27)24-16-8-9-17-18(10-16)29-12-28-17/h8-10,15H,3-7,11-12H2,1-2H3,(H,24,27). The molecule has 6 nitrogen and oxygen atoms in total. The van der Waals surface area contributed by atoms with Crippen molar-refractivity contribution in [3.05, 3.63) is 34.5 Å². The van der Waals surface area contributed by atoms with Crippen molar-refractivity contribution in [3.63, 3.8) is 0 Å². The number of benzene rings is 1. The second kappa shape index (κ2) is 8.67. The number of rotatable bonds is 5. The van der Waals surface area contributed by atoms with Gasteiger partial charge in [0.25, 0.3) is 0 Å². The highest BCUT2D eigenvalue weighted by atomic mass is 32.2. The van der Waals surface area contributed by atoms with E-state index in [-0.39, 0.29) is 12.7 Å². The number of ether oxygens (including phenoxy) is 2. The van der Waals surface area contributed by atoms with Crippen molar-refractivity contribution >= 4 is 44.9 Å². The zero-order chi connectivity index (χ0) is 21.4. The fourth-order valence-corrected chi connectivity index (χ4v) is 6.17. The minimum absolute atomic E-state index is 0.0700. The first kappa shape index (κ1) is 20.6. The van der Waals surface area contributed by atoms with Crippen LogP contribution in [0.4, 0.5) is 5.69 Å². The molecule has 8 heteroatoms. The molecule has 31 heavy (non-hydrogen) atoms. The Labute approximate surface area is 189 Å². The quantitative estimate of drug-likeness (QED) is 0.386. The van der Waals surface area contributed by atoms with Crippen LogP contribution in [0.2, 0.25) is 0 Å². The van der Waals surface area contributed by atoms with E-state index in [1.165, 1.54) is 41.5 Å². The average molecular weight is 456 g/mol. The Morgan fingerprint density at radius 2 is 1.97 bits per heavy atom. The number of thioether (sulfide) groups is 1. The van der Waals surface area contributed by atoms with E-state index in [1.807, 2.05) is 12.1 Å². The molecule has 3 heterocycles. The molecule has 0 saturated heterocycles. The summed E-state index contributed by atoms with van der Waals surface area (Å²) in [5, 5.41) is 4.98. The molecule has 0 atom stereocenters. The predicted octanol–water partition coefficient (Wildman–Crippen LogP) is 5.82. The Morgan fingerprint density at radius 3 is 2.81 bits per heavy atom. The molecule has 0 spiro atoms. The third kappa shape index (κ3) is 4.23. The summed E-state index contributed by atoms with van der Waals surface area (Å²) in [5.74, 6) is 2.96. The number of nitrogens with one attached hydrogen (secondary N) is 1. The fourth-order valence-electron chi connectivity index (χ4n) is 4.18. The predicted molar refractivity (Wildman–Crippen MR) is 125 cm³/mol. The van der Waals surface area contributed by atoms with Crippen LogP contribution in [0.5, 0.6) is 11.5 Å². The smallest absolute Gasteiger partial charge is 0.234 e. The third-order valence-corrected chi connectivity index (χ3v) is 8.06. The number of aromatic nitrogens is 2. The number of carbonyl (C=O) groups excluding carboxylic acids is 1. The van der Waals surface area contributed by atoms with E-state index in [0.717, 1.165) is 33.9 Å². The second-order valence-electron chi connectivity index (χ2n) is 8.09. The molecular formula is C23H25N3O3S2. The molecule has 0 bridgehead atoms. The molecule has 3 aromatic rings. The van der Waals surface area contributed by atoms with E-state index < -0.39 is 0 Å². The van der Waals surface area contributed by atoms with Gasteiger partial charge in [-0.1, -0.05) is 31.0 Å². The third-order valence-electron chi connectivity index (χ3n) is 5.98. The second-order valence-corrected chi connectivity index (χ2v) is 10.3. The maximum absolute atomic E-state index is 12.7. The van der Waals surface area contributed by atoms with E-state index in [2.05, 4.69) is 19.2 Å². The van der Waals surface area contributed by atoms with Gasteiger partial charge in [-0.2, -0.15) is 0 Å². The number of amides is 1. The first-order valence-electron chi connectivity index (χ1n) is 10.7. The van der Waals surface area contributed by atoms with E-state index in [4.69, 9.17) is 19.4 Å². The van der Waals surface area contributed by atoms with Crippen molar-refractivity contribution in [2.75, 3.05) is 17.9 Å². The lowest BCUT2D eigenvalue weighted by Gasteiger charge is -2.20. The first-order valence-corrected chi connectivity index (χ1v) is 12.5. The van der Waals surface area contributed by atoms with Crippen molar-refractivity contribution in [1.29, 1.82) is 0 Å². The van der Waals surface area contributed by atoms with Gasteiger partial charge in [-0.3, -0.25) is 4.79 Å². The van der Waals surface area contributed by atoms with Gasteiger partial charge in [0.15, 0.2) is 11.5 Å². The Balaban J connectivity index is 1.35. The SMILES string of the molecule is Cc1sc2nc(C3CCCCC3)nc(SCC(=O)Nc3ccc4c(c3)OCO4)c2c1C. The van der Waals surface area contributed by atoms with Crippen molar-refractivity contribution in [2.24, 2.45) is 0 Å². The van der Waals surface area contributed by atoms with Crippen molar-refractivity contribution in [1.82, 2.24) is 9.97 Å². The molecule has 1 N–H and O–H groups in total. The molecule has 1 fully saturated rings. The minimum atomic E-state index is -0.0700. The molecule has 1 aliphatic heterocycles. The van der Waals surface area contributed by atoms with E-state index in [9.17, 15) is 4.79 Å². The molecule has 2 aromatic heterocycles. The Morgan fingerprint density at radius 1 is 1.16 bits per heavy atom. The van der Waals surface area contributed by atoms with Gasteiger partial charge in [0.05, 0.1) is 5.75 Å². The van der Waals surface area contributed by atoms with Gasteiger partial charge in [0.1, 0.15) is 15.7 Å². The van der Waals surface area contributed by atoms with Gasteiger partial charge in [0, 0.05) is 27.9 Å². The molecule has 0 radical (unpaired) electrons. The summed E-state index contributed by atoms with van der Waals surface area (Å²) >= 11 is 3.22. The summed E-state index contributed by atoms with van der Waals surface area (Å²) in [4.78, 5) is 24.9. The lowest BCUT2D eigenvalue weighted by atomic mass is 9.89. The normalized spacial score (nSPS) is 16.1. The summed E-state index contributed by atoms with van der Waals surface area (Å²) in [6.45, 7) is 4.46. The summed E-state index contributed by atoms with van der Waals surface area (Å²) in [5.41, 5.74) is 1.92. The number of nitrogens with zero attached hydrogens (tertiary/aromatic N) is 2. The van der Waals surface area contributed by atoms with Crippen LogP contribution in [-0.4, -0.2) is 28.4 Å². The van der Waals surface area contributed by atoms with Crippen LogP contribution in [-0.2, 0) is 4.79 Å². The van der Waals surface area contributed by atoms with Gasteiger partial charge < -0.3 is 14.8 Å². The van der Waals surface area contributed by atoms with Crippen molar-refractivity contribution in [2.45, 2.75) is 56.9 Å². The van der Waals surface area contributed by atoms with E-state index in [1.54, 1.807) is 17.4 Å². The molecule has 5 rings (SSSR count). The number of hydrogen-bond donors (Lipinski definition) is 1. The minimum Gasteiger partial charge on any atom is -0.454 e. The van der Waals surface area contributed by atoms with Crippen molar-refractivity contribution in [3.8, 4) is 11.5 Å². The number of thiophene rings is 1. The first-order chi connectivity index (χ1) is 15.1. The van der Waals surface area contributed by atoms with E-state index in [0.29, 0.717) is 28.9 Å². The van der Waals surface area contributed by atoms with Crippen LogP contribution < -0.4 is 14.8 Å². The largest absolute Gasteiger partial charge is 0.454 e. The highest BCUT2D eigenvalue weighted by molar-refractivity contribution is 8.00. The van der Waals surface area contributed by atoms with Gasteiger partial charge in [-0.15, -0.1) is 11.3 Å². The van der Waals surface area contributed by atoms with Crippen molar-refractivity contribution < 1.29 is 14.3 Å². The number of anilines is 1. The summed E-state index contributed by atoms with van der Waals surface area (Å²) in [6.07, 6.45) is 6.11. The van der Waals surface area contributed by atoms with Crippen LogP contribution >= 0.6 is 23.1 Å². The molecule has 2 aliphatic rings. The molecule has 1 aliphatic carbocycles. The number of hydrogen-bond acceptors (Lipinski definition) is 7. The van der Waals surface area contributed by atoms with Gasteiger partial charge in [0.2, 0.25) is 12.7 Å². The molecule has 0 unspecified atom stereocenters. The lowest BCUT2D eigenvalue weighted by Crippen LogP contribution is -2.14. The number of fused-ring (bicyclic) bond motifs is 2. The highest BCUT2D eigenvalue weighted by Gasteiger charge is 2.23.